The van der Waals surface area contributed by atoms with E-state index < -0.39 is 11.5 Å². The molecule has 0 bridgehead atoms. The first-order valence-corrected chi connectivity index (χ1v) is 31.1. The van der Waals surface area contributed by atoms with Gasteiger partial charge in [0.1, 0.15) is 0 Å². The average molecular weight is 2200 g/mol. The summed E-state index contributed by atoms with van der Waals surface area (Å²) >= 11 is 0. The zero-order chi connectivity index (χ0) is 65.0. The summed E-state index contributed by atoms with van der Waals surface area (Å²) in [5.74, 6) is -3.06. The molecule has 0 saturated carbocycles. The summed E-state index contributed by atoms with van der Waals surface area (Å²) in [6.45, 7) is 11.0. The number of carbonyl (C=O) groups is 1. The van der Waals surface area contributed by atoms with Crippen LogP contribution in [-0.2, 0) is 128 Å². The Morgan fingerprint density at radius 3 is 1.36 bits per heavy atom. The number of hydrogen-bond acceptors (Lipinski definition) is 11. The van der Waals surface area contributed by atoms with E-state index in [2.05, 4.69) is 183 Å². The van der Waals surface area contributed by atoms with Gasteiger partial charge in [0.25, 0.3) is 5.92 Å². The quantitative estimate of drug-likeness (QED) is 0.145. The second-order valence-corrected chi connectivity index (χ2v) is 25.0. The Hall–Kier alpha value is -8.29. The molecule has 0 fully saturated rings. The van der Waals surface area contributed by atoms with E-state index in [4.69, 9.17) is 4.74 Å². The number of aromatic nitrogens is 9. The van der Waals surface area contributed by atoms with Gasteiger partial charge in [0.2, 0.25) is 0 Å². The van der Waals surface area contributed by atoms with E-state index in [0.29, 0.717) is 27.6 Å². The number of nitrogens with zero attached hydrogens (tertiary/aromatic N) is 9. The molecule has 5 aliphatic carbocycles. The van der Waals surface area contributed by atoms with Gasteiger partial charge >= 0.3 is 0 Å². The van der Waals surface area contributed by atoms with Crippen molar-refractivity contribution in [1.29, 1.82) is 0 Å². The molecule has 100 heavy (non-hydrogen) atoms. The first-order chi connectivity index (χ1) is 46.2. The number of hydrogen-bond donors (Lipinski definition) is 0. The van der Waals surface area contributed by atoms with Crippen LogP contribution in [0, 0.1) is 30.3 Å². The van der Waals surface area contributed by atoms with E-state index >= 15 is 0 Å². The maximum atomic E-state index is 14.5. The summed E-state index contributed by atoms with van der Waals surface area (Å²) in [6, 6.07) is 64.1. The van der Waals surface area contributed by atoms with Crippen LogP contribution in [0.3, 0.4) is 0 Å². The van der Waals surface area contributed by atoms with Gasteiger partial charge in [0.15, 0.2) is 5.78 Å². The van der Waals surface area contributed by atoms with Crippen molar-refractivity contribution in [1.82, 2.24) is 44.9 Å². The third-order valence-corrected chi connectivity index (χ3v) is 19.2. The minimum Gasteiger partial charge on any atom is -0.379 e. The molecular formula is C82H54F2Ir5N9O2-5. The van der Waals surface area contributed by atoms with Crippen molar-refractivity contribution in [3.8, 4) is 56.3 Å². The topological polar surface area (TPSA) is 142 Å². The minimum atomic E-state index is -3.12. The molecule has 0 spiro atoms. The Morgan fingerprint density at radius 2 is 0.770 bits per heavy atom. The van der Waals surface area contributed by atoms with Crippen LogP contribution in [0.15, 0.2) is 220 Å². The van der Waals surface area contributed by atoms with Gasteiger partial charge in [-0.25, -0.2) is 8.78 Å². The summed E-state index contributed by atoms with van der Waals surface area (Å²) in [5.41, 5.74) is 16.4. The van der Waals surface area contributed by atoms with E-state index in [1.165, 1.54) is 73.2 Å². The van der Waals surface area contributed by atoms with Crippen LogP contribution >= 0.6 is 0 Å². The molecule has 1 unspecified atom stereocenters. The Morgan fingerprint density at radius 1 is 0.350 bits per heavy atom. The maximum absolute atomic E-state index is 14.5. The second-order valence-electron chi connectivity index (χ2n) is 25.0. The normalized spacial score (nSPS) is 14.9. The number of rotatable bonds is 1. The molecule has 1 atom stereocenters. The van der Waals surface area contributed by atoms with Crippen molar-refractivity contribution < 1.29 is 119 Å². The fraction of sp³-hybridized carbons (Fsp3) is 0.122. The molecule has 6 aromatic carbocycles. The number of fused-ring (bicyclic) bond motifs is 10. The van der Waals surface area contributed by atoms with Crippen molar-refractivity contribution in [2.45, 2.75) is 57.0 Å². The Bertz CT molecular complexity index is 5350. The first kappa shape index (κ1) is 72.9. The molecule has 0 amide bonds. The Balaban J connectivity index is 0.000000125. The molecule has 11 nitrogen and oxygen atoms in total. The van der Waals surface area contributed by atoms with Crippen molar-refractivity contribution in [2.24, 2.45) is 0 Å². The number of carbonyl (C=O) groups excluding carboxylic acids is 1. The van der Waals surface area contributed by atoms with Crippen LogP contribution in [0.1, 0.15) is 95.2 Å². The molecule has 0 N–H and O–H groups in total. The van der Waals surface area contributed by atoms with Gasteiger partial charge in [-0.2, -0.15) is 23.3 Å². The number of ketones is 1. The Kier molecular flexibility index (Phi) is 20.9. The van der Waals surface area contributed by atoms with Crippen molar-refractivity contribution >= 4 is 59.6 Å². The van der Waals surface area contributed by atoms with Crippen molar-refractivity contribution in [3.63, 3.8) is 0 Å². The van der Waals surface area contributed by atoms with Crippen molar-refractivity contribution in [2.75, 3.05) is 7.11 Å². The number of halogens is 2. The van der Waals surface area contributed by atoms with Crippen LogP contribution < -0.4 is 0 Å². The third-order valence-electron chi connectivity index (χ3n) is 19.2. The standard InChI is InChI=1S/C18H14NO.2C17H13N2.C16H8NO.C14H6F2N3.5Ir/c1-18(20-2)14-8-4-3-7-13(14)17-16-12(10-11-19-17)6-5-9-15(16)18;1-17(2)13-7-3-5-11-8-10-18-15(14(11)13)12-6-4-9-19-16(12)17;1-17(2)13-5-3-4-11-6-9-19-16(15(11)13)12-7-8-18-10-14(12)17;18-16-12-6-2-1-5-11(12)15-14-10(8-9-17-15)4-3-7-13(14)16;15-14(16)10-6-17-3-2-9(10)13-12-8(1-4-19-13)5-18-7-11(12)14;;;;;/h3-6,8-11H,1-2H3;3-5,7-10H,1-2H3;3-6,8-10H,1-2H3;1-4,6-9H;1,3-7H;;;;;/q5*-1;;;;;. The fourth-order valence-corrected chi connectivity index (χ4v) is 14.5. The zero-order valence-electron chi connectivity index (χ0n) is 54.0. The summed E-state index contributed by atoms with van der Waals surface area (Å²) in [6.07, 6.45) is 19.8. The number of ether oxygens (including phenoxy) is 1. The number of methoxy groups -OCH3 is 1. The maximum Gasteiger partial charge on any atom is 0.259 e. The van der Waals surface area contributed by atoms with Gasteiger partial charge in [-0.15, -0.1) is 82.9 Å². The van der Waals surface area contributed by atoms with Crippen molar-refractivity contribution in [3.05, 3.63) is 306 Å². The average Bonchev–Trinajstić information content (AvgIpc) is 0.742. The molecule has 0 saturated heterocycles. The van der Waals surface area contributed by atoms with E-state index in [1.807, 2.05) is 97.7 Å². The first-order valence-electron chi connectivity index (χ1n) is 31.1. The molecule has 20 rings (SSSR count). The summed E-state index contributed by atoms with van der Waals surface area (Å²) in [4.78, 5) is 51.3. The van der Waals surface area contributed by atoms with Gasteiger partial charge in [-0.1, -0.05) is 129 Å². The summed E-state index contributed by atoms with van der Waals surface area (Å²) < 4.78 is 35.0. The van der Waals surface area contributed by atoms with Gasteiger partial charge < -0.3 is 34.6 Å². The molecular weight excluding hydrogens is 2140 g/mol. The van der Waals surface area contributed by atoms with E-state index in [-0.39, 0.29) is 128 Å². The van der Waals surface area contributed by atoms with Gasteiger partial charge in [0, 0.05) is 162 Å². The molecule has 18 heteroatoms. The van der Waals surface area contributed by atoms with E-state index in [1.54, 1.807) is 38.0 Å². The third kappa shape index (κ3) is 11.7. The SMILES string of the molecule is CC1(C)c2cnc[c-]c2-c2nccc3cccc1c23.CC1(C)c2ncc[c-]c2-c2nccc3cccc1c23.COC1(C)c2ccc[c-]c2-c2nccc3cccc1c23.FC1(F)c2cnc[c-]c2-c2nccc3cncc1c23.O=C1c2ccc[c-]c2-c2nccc3cccc1c23.[Ir].[Ir].[Ir].[Ir].[Ir]. The van der Waals surface area contributed by atoms with E-state index in [9.17, 15) is 13.6 Å². The van der Waals surface area contributed by atoms with Gasteiger partial charge in [-0.3, -0.25) is 19.7 Å². The predicted octanol–water partition coefficient (Wildman–Crippen LogP) is 17.6. The molecule has 5 aliphatic rings. The molecule has 503 valence electrons. The number of benzene rings is 6. The molecule has 5 radical (unpaired) electrons. The minimum absolute atomic E-state index is 0. The van der Waals surface area contributed by atoms with Crippen LogP contribution in [-0.4, -0.2) is 57.7 Å². The Labute approximate surface area is 643 Å². The fourth-order valence-electron chi connectivity index (χ4n) is 14.5. The number of alkyl halides is 2. The molecule has 0 aliphatic heterocycles. The van der Waals surface area contributed by atoms with Gasteiger partial charge in [0.05, 0.1) is 5.60 Å². The van der Waals surface area contributed by atoms with Crippen LogP contribution in [0.5, 0.6) is 0 Å². The summed E-state index contributed by atoms with van der Waals surface area (Å²) in [7, 11) is 1.76. The largest absolute Gasteiger partial charge is 0.379 e. The monoisotopic (exact) mass is 2200 g/mol. The summed E-state index contributed by atoms with van der Waals surface area (Å²) in [5, 5.41) is 10.4. The molecule has 9 aromatic heterocycles. The molecule has 15 aromatic rings. The predicted molar refractivity (Wildman–Crippen MR) is 365 cm³/mol. The smallest absolute Gasteiger partial charge is 0.259 e. The van der Waals surface area contributed by atoms with E-state index in [0.717, 1.165) is 72.6 Å². The van der Waals surface area contributed by atoms with Gasteiger partial charge in [-0.05, 0) is 172 Å². The molecule has 9 heterocycles. The van der Waals surface area contributed by atoms with Crippen LogP contribution in [0.4, 0.5) is 8.78 Å². The van der Waals surface area contributed by atoms with Crippen LogP contribution in [0.2, 0.25) is 0 Å². The second kappa shape index (κ2) is 28.6. The van der Waals surface area contributed by atoms with Crippen LogP contribution in [0.25, 0.3) is 110 Å². The number of pyridine rings is 9. The zero-order valence-corrected chi connectivity index (χ0v) is 66.0.